The first-order valence-corrected chi connectivity index (χ1v) is 5.91. The van der Waals surface area contributed by atoms with Gasteiger partial charge in [0.25, 0.3) is 0 Å². The predicted octanol–water partition coefficient (Wildman–Crippen LogP) is 1.46. The van der Waals surface area contributed by atoms with E-state index < -0.39 is 5.54 Å². The van der Waals surface area contributed by atoms with Gasteiger partial charge >= 0.3 is 0 Å². The number of hydrogen-bond donors (Lipinski definition) is 1. The van der Waals surface area contributed by atoms with Gasteiger partial charge in [0.05, 0.1) is 17.6 Å². The molecule has 2 aromatic rings. The lowest BCUT2D eigenvalue weighted by molar-refractivity contribution is 0.175. The van der Waals surface area contributed by atoms with Crippen LogP contribution < -0.4 is 5.73 Å². The Morgan fingerprint density at radius 3 is 2.94 bits per heavy atom. The number of aryl methyl sites for hydroxylation is 2. The zero-order valence-electron chi connectivity index (χ0n) is 10.2. The third-order valence-electron chi connectivity index (χ3n) is 3.59. The summed E-state index contributed by atoms with van der Waals surface area (Å²) in [4.78, 5) is 4.68. The summed E-state index contributed by atoms with van der Waals surface area (Å²) in [5.74, 6) is 0.930. The van der Waals surface area contributed by atoms with Crippen LogP contribution in [0.15, 0.2) is 18.2 Å². The Hall–Kier alpha value is -1.39. The fourth-order valence-electron chi connectivity index (χ4n) is 2.67. The maximum atomic E-state index is 6.39. The molecule has 1 aromatic carbocycles. The molecule has 17 heavy (non-hydrogen) atoms. The number of aromatic nitrogens is 2. The first-order chi connectivity index (χ1) is 8.12. The first-order valence-electron chi connectivity index (χ1n) is 5.91. The number of nitrogens with zero attached hydrogens (tertiary/aromatic N) is 2. The molecule has 0 saturated carbocycles. The standard InChI is InChI=1S/C13H17N3O/c1-9-4-3-5-10-11(9)16(2)12(15-10)13(14)6-7-17-8-13/h3-5H,6-8,14H2,1-2H3. The van der Waals surface area contributed by atoms with Crippen LogP contribution in [0.3, 0.4) is 0 Å². The fraction of sp³-hybridized carbons (Fsp3) is 0.462. The summed E-state index contributed by atoms with van der Waals surface area (Å²) in [5, 5.41) is 0. The van der Waals surface area contributed by atoms with Crippen LogP contribution in [0.25, 0.3) is 11.0 Å². The van der Waals surface area contributed by atoms with E-state index in [4.69, 9.17) is 10.5 Å². The van der Waals surface area contributed by atoms with Crippen LogP contribution in [0, 0.1) is 6.92 Å². The Kier molecular flexibility index (Phi) is 2.24. The Labute approximate surface area is 100 Å². The number of fused-ring (bicyclic) bond motifs is 1. The van der Waals surface area contributed by atoms with Gasteiger partial charge in [-0.15, -0.1) is 0 Å². The molecule has 90 valence electrons. The normalized spacial score (nSPS) is 24.6. The molecule has 1 saturated heterocycles. The van der Waals surface area contributed by atoms with Gasteiger partial charge in [-0.25, -0.2) is 4.98 Å². The molecule has 0 bridgehead atoms. The average Bonchev–Trinajstić information content (AvgIpc) is 2.86. The molecule has 1 aliphatic heterocycles. The largest absolute Gasteiger partial charge is 0.379 e. The van der Waals surface area contributed by atoms with Crippen molar-refractivity contribution in [3.05, 3.63) is 29.6 Å². The van der Waals surface area contributed by atoms with E-state index >= 15 is 0 Å². The number of imidazole rings is 1. The molecule has 1 aliphatic rings. The number of hydrogen-bond acceptors (Lipinski definition) is 3. The van der Waals surface area contributed by atoms with Crippen molar-refractivity contribution in [3.63, 3.8) is 0 Å². The van der Waals surface area contributed by atoms with Crippen LogP contribution in [-0.2, 0) is 17.3 Å². The molecule has 0 spiro atoms. The molecule has 1 atom stereocenters. The minimum absolute atomic E-state index is 0.430. The average molecular weight is 231 g/mol. The van der Waals surface area contributed by atoms with Gasteiger partial charge in [-0.2, -0.15) is 0 Å². The molecule has 1 fully saturated rings. The molecule has 4 heteroatoms. The van der Waals surface area contributed by atoms with E-state index in [9.17, 15) is 0 Å². The second kappa shape index (κ2) is 3.55. The summed E-state index contributed by atoms with van der Waals surface area (Å²) < 4.78 is 7.53. The van der Waals surface area contributed by atoms with E-state index in [2.05, 4.69) is 22.5 Å². The van der Waals surface area contributed by atoms with E-state index in [0.29, 0.717) is 6.61 Å². The molecular weight excluding hydrogens is 214 g/mol. The zero-order valence-corrected chi connectivity index (χ0v) is 10.2. The second-order valence-corrected chi connectivity index (χ2v) is 4.90. The minimum atomic E-state index is -0.430. The number of para-hydroxylation sites is 1. The van der Waals surface area contributed by atoms with Crippen LogP contribution in [0.5, 0.6) is 0 Å². The molecule has 0 radical (unpaired) electrons. The highest BCUT2D eigenvalue weighted by atomic mass is 16.5. The zero-order chi connectivity index (χ0) is 12.0. The Morgan fingerprint density at radius 1 is 1.47 bits per heavy atom. The monoisotopic (exact) mass is 231 g/mol. The van der Waals surface area contributed by atoms with Crippen LogP contribution in [-0.4, -0.2) is 22.8 Å². The predicted molar refractivity (Wildman–Crippen MR) is 66.8 cm³/mol. The van der Waals surface area contributed by atoms with Gasteiger partial charge in [-0.05, 0) is 25.0 Å². The first kappa shape index (κ1) is 10.7. The molecule has 2 heterocycles. The Balaban J connectivity index is 2.24. The van der Waals surface area contributed by atoms with Gasteiger partial charge in [0.1, 0.15) is 11.4 Å². The van der Waals surface area contributed by atoms with Crippen molar-refractivity contribution >= 4 is 11.0 Å². The van der Waals surface area contributed by atoms with Crippen LogP contribution in [0.4, 0.5) is 0 Å². The summed E-state index contributed by atoms with van der Waals surface area (Å²) in [6.07, 6.45) is 0.837. The molecule has 3 rings (SSSR count). The molecular formula is C13H17N3O. The Bertz CT molecular complexity index is 567. The Morgan fingerprint density at radius 2 is 2.29 bits per heavy atom. The van der Waals surface area contributed by atoms with Gasteiger partial charge in [0, 0.05) is 13.7 Å². The maximum Gasteiger partial charge on any atom is 0.132 e. The number of rotatable bonds is 1. The number of nitrogens with two attached hydrogens (primary N) is 1. The van der Waals surface area contributed by atoms with E-state index in [-0.39, 0.29) is 0 Å². The van der Waals surface area contributed by atoms with E-state index in [1.807, 2.05) is 19.2 Å². The number of benzene rings is 1. The van der Waals surface area contributed by atoms with Gasteiger partial charge in [0.2, 0.25) is 0 Å². The minimum Gasteiger partial charge on any atom is -0.379 e. The lowest BCUT2D eigenvalue weighted by Gasteiger charge is -2.21. The highest BCUT2D eigenvalue weighted by Crippen LogP contribution is 2.30. The molecule has 4 nitrogen and oxygen atoms in total. The van der Waals surface area contributed by atoms with Crippen LogP contribution >= 0.6 is 0 Å². The van der Waals surface area contributed by atoms with Crippen molar-refractivity contribution in [1.29, 1.82) is 0 Å². The van der Waals surface area contributed by atoms with Crippen molar-refractivity contribution in [3.8, 4) is 0 Å². The summed E-state index contributed by atoms with van der Waals surface area (Å²) in [5.41, 5.74) is 9.36. The van der Waals surface area contributed by atoms with Gasteiger partial charge < -0.3 is 15.0 Å². The van der Waals surface area contributed by atoms with Crippen molar-refractivity contribution in [2.45, 2.75) is 18.9 Å². The third-order valence-corrected chi connectivity index (χ3v) is 3.59. The van der Waals surface area contributed by atoms with Crippen molar-refractivity contribution in [2.75, 3.05) is 13.2 Å². The van der Waals surface area contributed by atoms with E-state index in [0.717, 1.165) is 24.4 Å². The van der Waals surface area contributed by atoms with Gasteiger partial charge in [0.15, 0.2) is 0 Å². The fourth-order valence-corrected chi connectivity index (χ4v) is 2.67. The van der Waals surface area contributed by atoms with Crippen LogP contribution in [0.2, 0.25) is 0 Å². The number of ether oxygens (including phenoxy) is 1. The lowest BCUT2D eigenvalue weighted by Crippen LogP contribution is -2.39. The second-order valence-electron chi connectivity index (χ2n) is 4.90. The maximum absolute atomic E-state index is 6.39. The topological polar surface area (TPSA) is 53.1 Å². The summed E-state index contributed by atoms with van der Waals surface area (Å²) >= 11 is 0. The summed E-state index contributed by atoms with van der Waals surface area (Å²) in [6.45, 7) is 3.38. The SMILES string of the molecule is Cc1cccc2nc(C3(N)CCOC3)n(C)c12. The summed E-state index contributed by atoms with van der Waals surface area (Å²) in [6, 6.07) is 6.16. The van der Waals surface area contributed by atoms with E-state index in [1.165, 1.54) is 11.1 Å². The quantitative estimate of drug-likeness (QED) is 0.808. The van der Waals surface area contributed by atoms with E-state index in [1.54, 1.807) is 0 Å². The van der Waals surface area contributed by atoms with Crippen molar-refractivity contribution in [1.82, 2.24) is 9.55 Å². The lowest BCUT2D eigenvalue weighted by atomic mass is 9.99. The van der Waals surface area contributed by atoms with Crippen molar-refractivity contribution in [2.24, 2.45) is 12.8 Å². The molecule has 2 N–H and O–H groups in total. The van der Waals surface area contributed by atoms with Gasteiger partial charge in [-0.3, -0.25) is 0 Å². The molecule has 1 unspecified atom stereocenters. The highest BCUT2D eigenvalue weighted by Gasteiger charge is 2.36. The summed E-state index contributed by atoms with van der Waals surface area (Å²) in [7, 11) is 2.03. The van der Waals surface area contributed by atoms with Gasteiger partial charge in [-0.1, -0.05) is 12.1 Å². The highest BCUT2D eigenvalue weighted by molar-refractivity contribution is 5.79. The van der Waals surface area contributed by atoms with Crippen LogP contribution in [0.1, 0.15) is 17.8 Å². The molecule has 0 amide bonds. The smallest absolute Gasteiger partial charge is 0.132 e. The molecule has 0 aliphatic carbocycles. The third kappa shape index (κ3) is 1.48. The van der Waals surface area contributed by atoms with Crippen molar-refractivity contribution < 1.29 is 4.74 Å². The molecule has 1 aromatic heterocycles.